The van der Waals surface area contributed by atoms with Gasteiger partial charge in [-0.15, -0.1) is 0 Å². The summed E-state index contributed by atoms with van der Waals surface area (Å²) in [5.41, 5.74) is 2.49. The Hall–Kier alpha value is -4.39. The van der Waals surface area contributed by atoms with E-state index in [1.807, 2.05) is 18.2 Å². The summed E-state index contributed by atoms with van der Waals surface area (Å²) in [6.45, 7) is 0. The van der Waals surface area contributed by atoms with Crippen LogP contribution in [0.2, 0.25) is 0 Å². The van der Waals surface area contributed by atoms with Crippen molar-refractivity contribution in [1.82, 2.24) is 0 Å². The van der Waals surface area contributed by atoms with Crippen LogP contribution in [0.4, 0.5) is 17.1 Å². The van der Waals surface area contributed by atoms with Gasteiger partial charge in [-0.2, -0.15) is 0 Å². The van der Waals surface area contributed by atoms with Crippen LogP contribution in [0.15, 0.2) is 84.9 Å². The molecule has 0 fully saturated rings. The van der Waals surface area contributed by atoms with E-state index in [0.29, 0.717) is 22.8 Å². The fraction of sp³-hybridized carbons (Fsp3) is 0.115. The Balaban J connectivity index is 1.58. The van der Waals surface area contributed by atoms with Crippen LogP contribution in [-0.4, -0.2) is 30.9 Å². The zero-order chi connectivity index (χ0) is 23.2. The van der Waals surface area contributed by atoms with Crippen molar-refractivity contribution in [2.24, 2.45) is 0 Å². The van der Waals surface area contributed by atoms with Crippen LogP contribution in [0.5, 0.6) is 5.75 Å². The van der Waals surface area contributed by atoms with Gasteiger partial charge in [-0.25, -0.2) is 0 Å². The van der Waals surface area contributed by atoms with Crippen LogP contribution in [0.3, 0.4) is 0 Å². The van der Waals surface area contributed by atoms with Crippen molar-refractivity contribution in [3.05, 3.63) is 90.5 Å². The summed E-state index contributed by atoms with van der Waals surface area (Å²) < 4.78 is 5.15. The molecule has 0 saturated carbocycles. The van der Waals surface area contributed by atoms with Crippen molar-refractivity contribution in [1.29, 1.82) is 0 Å². The summed E-state index contributed by atoms with van der Waals surface area (Å²) in [4.78, 5) is 40.2. The van der Waals surface area contributed by atoms with Gasteiger partial charge >= 0.3 is 0 Å². The zero-order valence-corrected chi connectivity index (χ0v) is 18.0. The Bertz CT molecular complexity index is 1190. The minimum absolute atomic E-state index is 0.183. The predicted octanol–water partition coefficient (Wildman–Crippen LogP) is 4.09. The average molecular weight is 441 g/mol. The third kappa shape index (κ3) is 5.10. The lowest BCUT2D eigenvalue weighted by atomic mass is 10.0. The fourth-order valence-corrected chi connectivity index (χ4v) is 3.62. The van der Waals surface area contributed by atoms with Gasteiger partial charge in [0.15, 0.2) is 0 Å². The molecular weight excluding hydrogens is 418 g/mol. The van der Waals surface area contributed by atoms with Gasteiger partial charge in [-0.05, 0) is 48.0 Å². The molecule has 2 N–H and O–H groups in total. The quantitative estimate of drug-likeness (QED) is 0.564. The molecule has 3 amide bonds. The molecule has 7 heteroatoms. The molecule has 1 aliphatic heterocycles. The molecule has 7 nitrogen and oxygen atoms in total. The van der Waals surface area contributed by atoms with Crippen molar-refractivity contribution in [3.63, 3.8) is 0 Å². The van der Waals surface area contributed by atoms with E-state index in [9.17, 15) is 14.4 Å². The van der Waals surface area contributed by atoms with Crippen molar-refractivity contribution >= 4 is 40.9 Å². The van der Waals surface area contributed by atoms with Crippen LogP contribution in [0.1, 0.15) is 12.0 Å². The van der Waals surface area contributed by atoms with E-state index in [0.717, 1.165) is 5.56 Å². The SMILES string of the molecule is COc1ccc(C=CC(=O)N2c3ccccc3NC(=O)C2CC(=O)Nc2ccccc2)cc1. The van der Waals surface area contributed by atoms with Crippen molar-refractivity contribution in [2.45, 2.75) is 12.5 Å². The van der Waals surface area contributed by atoms with Crippen LogP contribution < -0.4 is 20.3 Å². The molecule has 0 aliphatic carbocycles. The number of ether oxygens (including phenoxy) is 1. The van der Waals surface area contributed by atoms with Crippen LogP contribution in [0, 0.1) is 0 Å². The largest absolute Gasteiger partial charge is 0.497 e. The summed E-state index contributed by atoms with van der Waals surface area (Å²) in [5.74, 6) is -0.462. The van der Waals surface area contributed by atoms with Crippen molar-refractivity contribution in [2.75, 3.05) is 22.6 Å². The first-order valence-corrected chi connectivity index (χ1v) is 10.5. The molecule has 1 heterocycles. The molecule has 4 rings (SSSR count). The maximum atomic E-state index is 13.3. The molecule has 3 aromatic carbocycles. The second-order valence-electron chi connectivity index (χ2n) is 7.46. The highest BCUT2D eigenvalue weighted by atomic mass is 16.5. The number of carbonyl (C=O) groups is 3. The Morgan fingerprint density at radius 1 is 1.00 bits per heavy atom. The second-order valence-corrected chi connectivity index (χ2v) is 7.46. The molecular formula is C26H23N3O4. The summed E-state index contributed by atoms with van der Waals surface area (Å²) in [6.07, 6.45) is 2.88. The summed E-state index contributed by atoms with van der Waals surface area (Å²) >= 11 is 0. The molecule has 0 radical (unpaired) electrons. The van der Waals surface area contributed by atoms with E-state index in [4.69, 9.17) is 4.74 Å². The average Bonchev–Trinajstić information content (AvgIpc) is 2.84. The number of carbonyl (C=O) groups excluding carboxylic acids is 3. The minimum Gasteiger partial charge on any atom is -0.497 e. The molecule has 0 aromatic heterocycles. The topological polar surface area (TPSA) is 87.7 Å². The van der Waals surface area contributed by atoms with Gasteiger partial charge in [-0.3, -0.25) is 19.3 Å². The zero-order valence-electron chi connectivity index (χ0n) is 18.0. The van der Waals surface area contributed by atoms with Crippen molar-refractivity contribution < 1.29 is 19.1 Å². The minimum atomic E-state index is -0.989. The first-order chi connectivity index (χ1) is 16.0. The fourth-order valence-electron chi connectivity index (χ4n) is 3.62. The molecule has 1 aliphatic rings. The van der Waals surface area contributed by atoms with E-state index in [-0.39, 0.29) is 12.3 Å². The van der Waals surface area contributed by atoms with E-state index in [1.54, 1.807) is 73.8 Å². The van der Waals surface area contributed by atoms with Crippen LogP contribution in [-0.2, 0) is 14.4 Å². The summed E-state index contributed by atoms with van der Waals surface area (Å²) in [6, 6.07) is 22.2. The van der Waals surface area contributed by atoms with Gasteiger partial charge in [0.25, 0.3) is 5.91 Å². The lowest BCUT2D eigenvalue weighted by Gasteiger charge is -2.35. The molecule has 1 unspecified atom stereocenters. The highest BCUT2D eigenvalue weighted by Crippen LogP contribution is 2.33. The monoisotopic (exact) mass is 441 g/mol. The third-order valence-corrected chi connectivity index (χ3v) is 5.24. The smallest absolute Gasteiger partial charge is 0.251 e. The Kier molecular flexibility index (Phi) is 6.50. The van der Waals surface area contributed by atoms with E-state index in [2.05, 4.69) is 10.6 Å². The maximum absolute atomic E-state index is 13.3. The van der Waals surface area contributed by atoms with Gasteiger partial charge in [0.05, 0.1) is 24.9 Å². The number of hydrogen-bond donors (Lipinski definition) is 2. The van der Waals surface area contributed by atoms with E-state index >= 15 is 0 Å². The number of nitrogens with one attached hydrogen (secondary N) is 2. The summed E-state index contributed by atoms with van der Waals surface area (Å²) in [5, 5.41) is 5.57. The molecule has 0 saturated heterocycles. The predicted molar refractivity (Wildman–Crippen MR) is 128 cm³/mol. The van der Waals surface area contributed by atoms with E-state index in [1.165, 1.54) is 11.0 Å². The normalized spacial score (nSPS) is 15.0. The number of hydrogen-bond acceptors (Lipinski definition) is 4. The lowest BCUT2D eigenvalue weighted by Crippen LogP contribution is -2.52. The molecule has 3 aromatic rings. The van der Waals surface area contributed by atoms with Crippen molar-refractivity contribution in [3.8, 4) is 5.75 Å². The number of benzene rings is 3. The molecule has 0 bridgehead atoms. The molecule has 1 atom stereocenters. The Morgan fingerprint density at radius 3 is 2.42 bits per heavy atom. The third-order valence-electron chi connectivity index (χ3n) is 5.24. The number of rotatable bonds is 6. The van der Waals surface area contributed by atoms with Gasteiger partial charge in [0, 0.05) is 11.8 Å². The number of nitrogens with zero attached hydrogens (tertiary/aromatic N) is 1. The highest BCUT2D eigenvalue weighted by molar-refractivity contribution is 6.16. The number of amides is 3. The first-order valence-electron chi connectivity index (χ1n) is 10.5. The number of anilines is 3. The highest BCUT2D eigenvalue weighted by Gasteiger charge is 2.37. The Labute approximate surface area is 191 Å². The summed E-state index contributed by atoms with van der Waals surface area (Å²) in [7, 11) is 1.58. The van der Waals surface area contributed by atoms with Crippen LogP contribution >= 0.6 is 0 Å². The van der Waals surface area contributed by atoms with Crippen LogP contribution in [0.25, 0.3) is 6.08 Å². The molecule has 0 spiro atoms. The van der Waals surface area contributed by atoms with Gasteiger partial charge in [-0.1, -0.05) is 42.5 Å². The van der Waals surface area contributed by atoms with Gasteiger partial charge < -0.3 is 15.4 Å². The molecule has 33 heavy (non-hydrogen) atoms. The lowest BCUT2D eigenvalue weighted by molar-refractivity contribution is -0.124. The standard InChI is InChI=1S/C26H23N3O4/c1-33-20-14-11-18(12-15-20)13-16-25(31)29-22-10-6-5-9-21(22)28-26(32)23(29)17-24(30)27-19-7-3-2-4-8-19/h2-16,23H,17H2,1H3,(H,27,30)(H,28,32). The second kappa shape index (κ2) is 9.82. The number of methoxy groups -OCH3 is 1. The number of fused-ring (bicyclic) bond motifs is 1. The van der Waals surface area contributed by atoms with E-state index < -0.39 is 17.9 Å². The van der Waals surface area contributed by atoms with Gasteiger partial charge in [0.2, 0.25) is 11.8 Å². The number of para-hydroxylation sites is 3. The first kappa shape index (κ1) is 21.8. The Morgan fingerprint density at radius 2 is 1.70 bits per heavy atom. The molecule has 166 valence electrons. The maximum Gasteiger partial charge on any atom is 0.251 e. The van der Waals surface area contributed by atoms with Gasteiger partial charge in [0.1, 0.15) is 11.8 Å².